The van der Waals surface area contributed by atoms with Crippen molar-refractivity contribution in [3.8, 4) is 5.75 Å². The van der Waals surface area contributed by atoms with Gasteiger partial charge in [-0.05, 0) is 49.4 Å². The van der Waals surface area contributed by atoms with E-state index in [-0.39, 0.29) is 22.2 Å². The van der Waals surface area contributed by atoms with Gasteiger partial charge in [-0.15, -0.1) is 0 Å². The zero-order chi connectivity index (χ0) is 23.8. The molecule has 4 rings (SSSR count). The van der Waals surface area contributed by atoms with E-state index >= 15 is 0 Å². The van der Waals surface area contributed by atoms with Crippen LogP contribution in [0.4, 0.5) is 5.69 Å². The van der Waals surface area contributed by atoms with Crippen LogP contribution in [-0.2, 0) is 21.4 Å². The number of fused-ring (bicyclic) bond motifs is 3. The topological polar surface area (TPSA) is 80.6 Å². The number of hydrogen-bond donors (Lipinski definition) is 1. The second-order valence-electron chi connectivity index (χ2n) is 7.60. The Kier molecular flexibility index (Phi) is 6.34. The molecule has 1 amide bonds. The van der Waals surface area contributed by atoms with Crippen molar-refractivity contribution in [3.05, 3.63) is 65.7 Å². The van der Waals surface area contributed by atoms with Crippen molar-refractivity contribution >= 4 is 55.0 Å². The summed E-state index contributed by atoms with van der Waals surface area (Å²) in [5.74, 6) is -0.301. The van der Waals surface area contributed by atoms with Crippen LogP contribution < -0.4 is 10.1 Å². The lowest BCUT2D eigenvalue weighted by atomic mass is 10.1. The quantitative estimate of drug-likeness (QED) is 0.410. The van der Waals surface area contributed by atoms with Crippen molar-refractivity contribution in [3.63, 3.8) is 0 Å². The van der Waals surface area contributed by atoms with Crippen molar-refractivity contribution in [1.82, 2.24) is 8.87 Å². The molecule has 0 saturated carbocycles. The molecule has 172 valence electrons. The van der Waals surface area contributed by atoms with Crippen molar-refractivity contribution in [2.45, 2.75) is 18.4 Å². The SMILES string of the molecule is CCn1c2ccccc2c2cc(NC(=O)CN(C)S(=O)(=O)c3cc(Cl)ccc3OC)ccc21. The third-order valence-corrected chi connectivity index (χ3v) is 7.61. The number of ether oxygens (including phenoxy) is 1. The molecule has 0 fully saturated rings. The summed E-state index contributed by atoms with van der Waals surface area (Å²) < 4.78 is 34.4. The molecule has 33 heavy (non-hydrogen) atoms. The average Bonchev–Trinajstić information content (AvgIpc) is 3.12. The molecule has 0 bridgehead atoms. The third-order valence-electron chi connectivity index (χ3n) is 5.55. The maximum Gasteiger partial charge on any atom is 0.247 e. The van der Waals surface area contributed by atoms with Crippen molar-refractivity contribution in [2.75, 3.05) is 26.0 Å². The molecule has 9 heteroatoms. The zero-order valence-corrected chi connectivity index (χ0v) is 20.1. The monoisotopic (exact) mass is 485 g/mol. The molecule has 0 saturated heterocycles. The highest BCUT2D eigenvalue weighted by Gasteiger charge is 2.27. The highest BCUT2D eigenvalue weighted by Crippen LogP contribution is 2.31. The van der Waals surface area contributed by atoms with Crippen molar-refractivity contribution < 1.29 is 17.9 Å². The number of nitrogens with zero attached hydrogens (tertiary/aromatic N) is 2. The molecular weight excluding hydrogens is 462 g/mol. The smallest absolute Gasteiger partial charge is 0.247 e. The highest BCUT2D eigenvalue weighted by atomic mass is 35.5. The molecular formula is C24H24ClN3O4S. The standard InChI is InChI=1S/C24H24ClN3O4S/c1-4-28-20-8-6-5-7-18(20)19-14-17(10-11-21(19)28)26-24(29)15-27(2)33(30,31)23-13-16(25)9-12-22(23)32-3/h5-14H,4,15H2,1-3H3,(H,26,29). The molecule has 1 heterocycles. The Labute approximate surface area is 197 Å². The Bertz CT molecular complexity index is 1460. The lowest BCUT2D eigenvalue weighted by molar-refractivity contribution is -0.116. The Hall–Kier alpha value is -3.07. The lowest BCUT2D eigenvalue weighted by Gasteiger charge is -2.18. The minimum absolute atomic E-state index is 0.0957. The predicted molar refractivity (Wildman–Crippen MR) is 132 cm³/mol. The summed E-state index contributed by atoms with van der Waals surface area (Å²) in [6.45, 7) is 2.55. The normalized spacial score (nSPS) is 11.9. The van der Waals surface area contributed by atoms with Gasteiger partial charge in [-0.2, -0.15) is 4.31 Å². The summed E-state index contributed by atoms with van der Waals surface area (Å²) in [7, 11) is -1.28. The molecule has 1 aromatic heterocycles. The Morgan fingerprint density at radius 2 is 1.79 bits per heavy atom. The summed E-state index contributed by atoms with van der Waals surface area (Å²) in [4.78, 5) is 12.6. The van der Waals surface area contributed by atoms with E-state index < -0.39 is 15.9 Å². The Balaban J connectivity index is 1.58. The third kappa shape index (κ3) is 4.29. The number of para-hydroxylation sites is 1. The first-order valence-electron chi connectivity index (χ1n) is 10.4. The number of sulfonamides is 1. The molecule has 0 radical (unpaired) electrons. The zero-order valence-electron chi connectivity index (χ0n) is 18.5. The van der Waals surface area contributed by atoms with Crippen LogP contribution in [0.3, 0.4) is 0 Å². The molecule has 3 aromatic carbocycles. The molecule has 0 unspecified atom stereocenters. The van der Waals surface area contributed by atoms with E-state index in [9.17, 15) is 13.2 Å². The Morgan fingerprint density at radius 3 is 2.52 bits per heavy atom. The summed E-state index contributed by atoms with van der Waals surface area (Å²) in [6, 6.07) is 18.1. The number of aromatic nitrogens is 1. The number of carbonyl (C=O) groups is 1. The van der Waals surface area contributed by atoms with Crippen LogP contribution in [0.2, 0.25) is 5.02 Å². The van der Waals surface area contributed by atoms with Crippen molar-refractivity contribution in [1.29, 1.82) is 0 Å². The van der Waals surface area contributed by atoms with Crippen LogP contribution in [0.1, 0.15) is 6.92 Å². The number of anilines is 1. The van der Waals surface area contributed by atoms with Gasteiger partial charge >= 0.3 is 0 Å². The molecule has 0 atom stereocenters. The van der Waals surface area contributed by atoms with Gasteiger partial charge in [0.2, 0.25) is 15.9 Å². The van der Waals surface area contributed by atoms with Crippen LogP contribution in [0, 0.1) is 0 Å². The second-order valence-corrected chi connectivity index (χ2v) is 10.0. The maximum absolute atomic E-state index is 13.0. The molecule has 0 aliphatic carbocycles. The van der Waals surface area contributed by atoms with E-state index in [1.54, 1.807) is 0 Å². The number of benzene rings is 3. The Morgan fingerprint density at radius 1 is 1.06 bits per heavy atom. The number of methoxy groups -OCH3 is 1. The van der Waals surface area contributed by atoms with E-state index in [1.165, 1.54) is 32.4 Å². The van der Waals surface area contributed by atoms with Gasteiger partial charge < -0.3 is 14.6 Å². The van der Waals surface area contributed by atoms with Crippen LogP contribution in [0.15, 0.2) is 65.6 Å². The summed E-state index contributed by atoms with van der Waals surface area (Å²) >= 11 is 5.98. The predicted octanol–water partition coefficient (Wildman–Crippen LogP) is 4.74. The highest BCUT2D eigenvalue weighted by molar-refractivity contribution is 7.89. The number of rotatable bonds is 7. The van der Waals surface area contributed by atoms with Gasteiger partial charge in [-0.25, -0.2) is 8.42 Å². The minimum Gasteiger partial charge on any atom is -0.495 e. The summed E-state index contributed by atoms with van der Waals surface area (Å²) in [5.41, 5.74) is 2.79. The maximum atomic E-state index is 13.0. The number of hydrogen-bond acceptors (Lipinski definition) is 4. The lowest BCUT2D eigenvalue weighted by Crippen LogP contribution is -2.35. The van der Waals surface area contributed by atoms with Gasteiger partial charge in [0.05, 0.1) is 13.7 Å². The summed E-state index contributed by atoms with van der Waals surface area (Å²) in [5, 5.41) is 5.18. The average molecular weight is 486 g/mol. The number of halogens is 1. The van der Waals surface area contributed by atoms with Crippen LogP contribution in [0.25, 0.3) is 21.8 Å². The number of amides is 1. The summed E-state index contributed by atoms with van der Waals surface area (Å²) in [6.07, 6.45) is 0. The fourth-order valence-corrected chi connectivity index (χ4v) is 5.52. The van der Waals surface area contributed by atoms with E-state index in [0.717, 1.165) is 32.7 Å². The van der Waals surface area contributed by atoms with E-state index in [4.69, 9.17) is 16.3 Å². The molecule has 7 nitrogen and oxygen atoms in total. The van der Waals surface area contributed by atoms with Gasteiger partial charge in [0.1, 0.15) is 10.6 Å². The fourth-order valence-electron chi connectivity index (χ4n) is 3.98. The number of carbonyl (C=O) groups excluding carboxylic acids is 1. The van der Waals surface area contributed by atoms with Crippen molar-refractivity contribution in [2.24, 2.45) is 0 Å². The van der Waals surface area contributed by atoms with Gasteiger partial charge in [-0.3, -0.25) is 4.79 Å². The van der Waals surface area contributed by atoms with Crippen LogP contribution in [-0.4, -0.2) is 43.9 Å². The fraction of sp³-hybridized carbons (Fsp3) is 0.208. The first-order valence-corrected chi connectivity index (χ1v) is 12.2. The van der Waals surface area contributed by atoms with Gasteiger partial charge in [-0.1, -0.05) is 29.8 Å². The molecule has 0 aliphatic rings. The van der Waals surface area contributed by atoms with Crippen LogP contribution in [0.5, 0.6) is 5.75 Å². The largest absolute Gasteiger partial charge is 0.495 e. The molecule has 0 aliphatic heterocycles. The first kappa shape index (κ1) is 23.1. The second kappa shape index (κ2) is 9.05. The molecule has 0 spiro atoms. The number of likely N-dealkylation sites (N-methyl/N-ethyl adjacent to an activating group) is 1. The van der Waals surface area contributed by atoms with E-state index in [1.807, 2.05) is 36.4 Å². The minimum atomic E-state index is -4.00. The van der Waals surface area contributed by atoms with Gasteiger partial charge in [0.25, 0.3) is 0 Å². The van der Waals surface area contributed by atoms with E-state index in [2.05, 4.69) is 22.9 Å². The number of aryl methyl sites for hydroxylation is 1. The number of nitrogens with one attached hydrogen (secondary N) is 1. The van der Waals surface area contributed by atoms with Gasteiger partial charge in [0, 0.05) is 46.1 Å². The first-order chi connectivity index (χ1) is 15.8. The molecule has 1 N–H and O–H groups in total. The van der Waals surface area contributed by atoms with E-state index in [0.29, 0.717) is 5.69 Å². The van der Waals surface area contributed by atoms with Crippen LogP contribution >= 0.6 is 11.6 Å². The van der Waals surface area contributed by atoms with Gasteiger partial charge in [0.15, 0.2) is 0 Å². The molecule has 4 aromatic rings.